The number of hydrogen-bond acceptors (Lipinski definition) is 4. The van der Waals surface area contributed by atoms with Crippen LogP contribution in [0.2, 0.25) is 0 Å². The Morgan fingerprint density at radius 3 is 3.09 bits per heavy atom. The molecular formula is C6H7N3OS. The minimum atomic E-state index is -0.426. The highest BCUT2D eigenvalue weighted by molar-refractivity contribution is 7.13. The minimum Gasteiger partial charge on any atom is -0.364 e. The number of rotatable bonds is 1. The van der Waals surface area contributed by atoms with Gasteiger partial charge in [-0.1, -0.05) is 0 Å². The van der Waals surface area contributed by atoms with Crippen molar-refractivity contribution >= 4 is 17.2 Å². The first-order valence-corrected chi connectivity index (χ1v) is 4.08. The van der Waals surface area contributed by atoms with E-state index >= 15 is 0 Å². The summed E-state index contributed by atoms with van der Waals surface area (Å²) in [4.78, 5) is 15.9. The molecule has 0 saturated carbocycles. The Morgan fingerprint density at radius 2 is 2.45 bits per heavy atom. The molecule has 0 atom stereocenters. The molecule has 0 aliphatic carbocycles. The molecule has 0 radical (unpaired) electrons. The third kappa shape index (κ3) is 1.02. The molecule has 0 bridgehead atoms. The molecule has 1 aromatic rings. The summed E-state index contributed by atoms with van der Waals surface area (Å²) in [5.74, 6) is -0.426. The lowest BCUT2D eigenvalue weighted by Gasteiger charge is -1.87. The molecule has 1 amide bonds. The zero-order valence-electron chi connectivity index (χ0n) is 5.76. The van der Waals surface area contributed by atoms with Crippen molar-refractivity contribution < 1.29 is 4.79 Å². The third-order valence-corrected chi connectivity index (χ3v) is 2.68. The standard InChI is InChI=1S/C6H7N3OS/c7-5(10)6-9-3-1-8-2-4(3)11-6/h8H,1-2H2,(H2,7,10). The second kappa shape index (κ2) is 2.28. The Bertz CT molecular complexity index is 285. The van der Waals surface area contributed by atoms with Gasteiger partial charge < -0.3 is 11.1 Å². The molecular weight excluding hydrogens is 162 g/mol. The largest absolute Gasteiger partial charge is 0.364 e. The maximum Gasteiger partial charge on any atom is 0.277 e. The lowest BCUT2D eigenvalue weighted by Crippen LogP contribution is -2.11. The summed E-state index contributed by atoms with van der Waals surface area (Å²) in [5.41, 5.74) is 6.04. The number of nitrogens with one attached hydrogen (secondary N) is 1. The molecule has 1 aliphatic rings. The molecule has 2 rings (SSSR count). The van der Waals surface area contributed by atoms with Gasteiger partial charge in [-0.05, 0) is 0 Å². The average molecular weight is 169 g/mol. The van der Waals surface area contributed by atoms with Crippen LogP contribution in [0.1, 0.15) is 20.4 Å². The van der Waals surface area contributed by atoms with Gasteiger partial charge in [0.1, 0.15) is 0 Å². The monoisotopic (exact) mass is 169 g/mol. The zero-order valence-corrected chi connectivity index (χ0v) is 6.57. The lowest BCUT2D eigenvalue weighted by molar-refractivity contribution is 0.1000. The van der Waals surface area contributed by atoms with Crippen LogP contribution in [-0.4, -0.2) is 10.9 Å². The van der Waals surface area contributed by atoms with Gasteiger partial charge in [0.25, 0.3) is 5.91 Å². The van der Waals surface area contributed by atoms with E-state index in [2.05, 4.69) is 10.3 Å². The van der Waals surface area contributed by atoms with Gasteiger partial charge in [0.2, 0.25) is 0 Å². The van der Waals surface area contributed by atoms with Crippen molar-refractivity contribution in [2.75, 3.05) is 0 Å². The highest BCUT2D eigenvalue weighted by atomic mass is 32.1. The number of primary amides is 1. The average Bonchev–Trinajstić information content (AvgIpc) is 2.40. The maximum atomic E-state index is 10.7. The molecule has 1 aromatic heterocycles. The molecule has 0 unspecified atom stereocenters. The van der Waals surface area contributed by atoms with Crippen LogP contribution < -0.4 is 11.1 Å². The highest BCUT2D eigenvalue weighted by Gasteiger charge is 2.17. The van der Waals surface area contributed by atoms with Crippen molar-refractivity contribution in [3.63, 3.8) is 0 Å². The van der Waals surface area contributed by atoms with Crippen LogP contribution in [0.5, 0.6) is 0 Å². The third-order valence-electron chi connectivity index (χ3n) is 1.57. The van der Waals surface area contributed by atoms with E-state index in [0.717, 1.165) is 23.7 Å². The number of amides is 1. The van der Waals surface area contributed by atoms with Crippen molar-refractivity contribution in [3.8, 4) is 0 Å². The van der Waals surface area contributed by atoms with Crippen LogP contribution in [0, 0.1) is 0 Å². The van der Waals surface area contributed by atoms with Gasteiger partial charge in [0.05, 0.1) is 5.69 Å². The molecule has 11 heavy (non-hydrogen) atoms. The van der Waals surface area contributed by atoms with Crippen LogP contribution in [0.25, 0.3) is 0 Å². The van der Waals surface area contributed by atoms with E-state index in [1.54, 1.807) is 0 Å². The van der Waals surface area contributed by atoms with Crippen LogP contribution in [0.3, 0.4) is 0 Å². The summed E-state index contributed by atoms with van der Waals surface area (Å²) in [7, 11) is 0. The first-order chi connectivity index (χ1) is 5.27. The van der Waals surface area contributed by atoms with Gasteiger partial charge in [0.15, 0.2) is 5.01 Å². The SMILES string of the molecule is NC(=O)c1nc2c(s1)CNC2. The first-order valence-electron chi connectivity index (χ1n) is 3.26. The van der Waals surface area contributed by atoms with Crippen LogP contribution in [0.4, 0.5) is 0 Å². The van der Waals surface area contributed by atoms with E-state index in [0.29, 0.717) is 5.01 Å². The second-order valence-electron chi connectivity index (χ2n) is 2.36. The van der Waals surface area contributed by atoms with Gasteiger partial charge in [-0.2, -0.15) is 0 Å². The molecule has 5 heteroatoms. The summed E-state index contributed by atoms with van der Waals surface area (Å²) in [6.07, 6.45) is 0. The normalized spacial score (nSPS) is 14.9. The van der Waals surface area contributed by atoms with Crippen molar-refractivity contribution in [1.29, 1.82) is 0 Å². The van der Waals surface area contributed by atoms with Crippen molar-refractivity contribution in [2.45, 2.75) is 13.1 Å². The number of hydrogen-bond donors (Lipinski definition) is 2. The highest BCUT2D eigenvalue weighted by Crippen LogP contribution is 2.21. The number of aromatic nitrogens is 1. The minimum absolute atomic E-state index is 0.426. The first kappa shape index (κ1) is 6.75. The lowest BCUT2D eigenvalue weighted by atomic mass is 10.4. The van der Waals surface area contributed by atoms with Gasteiger partial charge >= 0.3 is 0 Å². The summed E-state index contributed by atoms with van der Waals surface area (Å²) in [5, 5.41) is 3.56. The Balaban J connectivity index is 2.42. The van der Waals surface area contributed by atoms with Crippen molar-refractivity contribution in [1.82, 2.24) is 10.3 Å². The summed E-state index contributed by atoms with van der Waals surface area (Å²) < 4.78 is 0. The molecule has 2 heterocycles. The van der Waals surface area contributed by atoms with E-state index in [1.807, 2.05) is 0 Å². The predicted octanol–water partition coefficient (Wildman–Crippen LogP) is -0.155. The van der Waals surface area contributed by atoms with Gasteiger partial charge in [0, 0.05) is 18.0 Å². The fourth-order valence-corrected chi connectivity index (χ4v) is 1.96. The molecule has 3 N–H and O–H groups in total. The summed E-state index contributed by atoms with van der Waals surface area (Å²) >= 11 is 1.38. The van der Waals surface area contributed by atoms with E-state index < -0.39 is 5.91 Å². The number of thiazole rings is 1. The number of carbonyl (C=O) groups excluding carboxylic acids is 1. The Morgan fingerprint density at radius 1 is 1.64 bits per heavy atom. The van der Waals surface area contributed by atoms with Gasteiger partial charge in [-0.25, -0.2) is 4.98 Å². The summed E-state index contributed by atoms with van der Waals surface area (Å²) in [6, 6.07) is 0. The Kier molecular flexibility index (Phi) is 1.40. The van der Waals surface area contributed by atoms with Gasteiger partial charge in [-0.3, -0.25) is 4.79 Å². The van der Waals surface area contributed by atoms with E-state index in [-0.39, 0.29) is 0 Å². The predicted molar refractivity (Wildman–Crippen MR) is 41.2 cm³/mol. The quantitative estimate of drug-likeness (QED) is 0.614. The number of nitrogens with two attached hydrogens (primary N) is 1. The van der Waals surface area contributed by atoms with Crippen LogP contribution in [-0.2, 0) is 13.1 Å². The Hall–Kier alpha value is -0.940. The topological polar surface area (TPSA) is 68.0 Å². The van der Waals surface area contributed by atoms with Crippen LogP contribution >= 0.6 is 11.3 Å². The van der Waals surface area contributed by atoms with Gasteiger partial charge in [-0.15, -0.1) is 11.3 Å². The second-order valence-corrected chi connectivity index (χ2v) is 3.44. The smallest absolute Gasteiger partial charge is 0.277 e. The summed E-state index contributed by atoms with van der Waals surface area (Å²) in [6.45, 7) is 1.58. The van der Waals surface area contributed by atoms with Crippen molar-refractivity contribution in [3.05, 3.63) is 15.6 Å². The number of fused-ring (bicyclic) bond motifs is 1. The Labute approximate surface area is 67.4 Å². The molecule has 0 fully saturated rings. The fraction of sp³-hybridized carbons (Fsp3) is 0.333. The molecule has 58 valence electrons. The number of nitrogens with zero attached hydrogens (tertiary/aromatic N) is 1. The fourth-order valence-electron chi connectivity index (χ4n) is 1.06. The van der Waals surface area contributed by atoms with E-state index in [1.165, 1.54) is 11.3 Å². The molecule has 0 aromatic carbocycles. The molecule has 0 spiro atoms. The van der Waals surface area contributed by atoms with Crippen molar-refractivity contribution in [2.24, 2.45) is 5.73 Å². The van der Waals surface area contributed by atoms with Crippen LogP contribution in [0.15, 0.2) is 0 Å². The number of carbonyl (C=O) groups is 1. The van der Waals surface area contributed by atoms with E-state index in [4.69, 9.17) is 5.73 Å². The molecule has 0 saturated heterocycles. The molecule has 1 aliphatic heterocycles. The molecule has 4 nitrogen and oxygen atoms in total. The maximum absolute atomic E-state index is 10.7. The van der Waals surface area contributed by atoms with E-state index in [9.17, 15) is 4.79 Å². The zero-order chi connectivity index (χ0) is 7.84.